The molecule has 5 heteroatoms. The standard InChI is InChI=1S/C20H26N2O2S/c1-3-16-12-19(25-15(16)2)20(23)21-13-17-6-4-5-7-18(17)14-22-8-10-24-11-9-22/h4-7,12H,3,8-11,13-14H2,1-2H3,(H,21,23). The van der Waals surface area contributed by atoms with Gasteiger partial charge in [-0.3, -0.25) is 9.69 Å². The predicted octanol–water partition coefficient (Wildman–Crippen LogP) is 3.38. The molecule has 0 atom stereocenters. The highest BCUT2D eigenvalue weighted by Gasteiger charge is 2.14. The summed E-state index contributed by atoms with van der Waals surface area (Å²) in [6, 6.07) is 10.4. The lowest BCUT2D eigenvalue weighted by Gasteiger charge is -2.27. The summed E-state index contributed by atoms with van der Waals surface area (Å²) in [5.74, 6) is 0.0222. The number of nitrogens with zero attached hydrogens (tertiary/aromatic N) is 1. The summed E-state index contributed by atoms with van der Waals surface area (Å²) in [5, 5.41) is 3.09. The SMILES string of the molecule is CCc1cc(C(=O)NCc2ccccc2CN2CCOCC2)sc1C. The topological polar surface area (TPSA) is 41.6 Å². The van der Waals surface area contributed by atoms with Crippen LogP contribution in [0.15, 0.2) is 30.3 Å². The lowest BCUT2D eigenvalue weighted by molar-refractivity contribution is 0.0340. The molecular weight excluding hydrogens is 332 g/mol. The Labute approximate surface area is 153 Å². The second-order valence-corrected chi connectivity index (χ2v) is 7.64. The van der Waals surface area contributed by atoms with Gasteiger partial charge in [-0.1, -0.05) is 31.2 Å². The molecule has 0 aliphatic carbocycles. The van der Waals surface area contributed by atoms with Gasteiger partial charge in [-0.15, -0.1) is 11.3 Å². The van der Waals surface area contributed by atoms with Crippen LogP contribution in [0.5, 0.6) is 0 Å². The third-order valence-corrected chi connectivity index (χ3v) is 5.77. The van der Waals surface area contributed by atoms with E-state index in [-0.39, 0.29) is 5.91 Å². The number of aryl methyl sites for hydroxylation is 2. The van der Waals surface area contributed by atoms with Crippen LogP contribution in [0.4, 0.5) is 0 Å². The Bertz CT molecular complexity index is 720. The number of morpholine rings is 1. The van der Waals surface area contributed by atoms with Crippen molar-refractivity contribution in [2.45, 2.75) is 33.4 Å². The summed E-state index contributed by atoms with van der Waals surface area (Å²) in [5.41, 5.74) is 3.73. The second kappa shape index (κ2) is 8.61. The molecule has 1 amide bonds. The average Bonchev–Trinajstić information content (AvgIpc) is 3.02. The Morgan fingerprint density at radius 1 is 1.20 bits per heavy atom. The van der Waals surface area contributed by atoms with E-state index in [9.17, 15) is 4.79 Å². The van der Waals surface area contributed by atoms with Crippen molar-refractivity contribution < 1.29 is 9.53 Å². The highest BCUT2D eigenvalue weighted by atomic mass is 32.1. The Hall–Kier alpha value is -1.69. The minimum atomic E-state index is 0.0222. The van der Waals surface area contributed by atoms with Gasteiger partial charge in [-0.05, 0) is 36.1 Å². The average molecular weight is 359 g/mol. The largest absolute Gasteiger partial charge is 0.379 e. The number of amides is 1. The van der Waals surface area contributed by atoms with Crippen LogP contribution in [0.1, 0.15) is 38.2 Å². The van der Waals surface area contributed by atoms with Crippen LogP contribution < -0.4 is 5.32 Å². The second-order valence-electron chi connectivity index (χ2n) is 6.39. The molecule has 1 aliphatic rings. The molecule has 0 saturated carbocycles. The van der Waals surface area contributed by atoms with Crippen LogP contribution in [-0.4, -0.2) is 37.1 Å². The fraction of sp³-hybridized carbons (Fsp3) is 0.450. The van der Waals surface area contributed by atoms with E-state index >= 15 is 0 Å². The van der Waals surface area contributed by atoms with Crippen molar-refractivity contribution in [3.05, 3.63) is 56.8 Å². The van der Waals surface area contributed by atoms with Crippen LogP contribution in [0.3, 0.4) is 0 Å². The maximum atomic E-state index is 12.5. The normalized spacial score (nSPS) is 15.3. The minimum Gasteiger partial charge on any atom is -0.379 e. The molecule has 3 rings (SSSR count). The third-order valence-electron chi connectivity index (χ3n) is 4.68. The maximum Gasteiger partial charge on any atom is 0.261 e. The summed E-state index contributed by atoms with van der Waals surface area (Å²) in [4.78, 5) is 16.9. The first kappa shape index (κ1) is 18.1. The quantitative estimate of drug-likeness (QED) is 0.861. The first-order valence-electron chi connectivity index (χ1n) is 8.91. The molecular formula is C20H26N2O2S. The van der Waals surface area contributed by atoms with Crippen molar-refractivity contribution in [3.63, 3.8) is 0 Å². The number of benzene rings is 1. The van der Waals surface area contributed by atoms with Crippen LogP contribution in [0, 0.1) is 6.92 Å². The molecule has 0 unspecified atom stereocenters. The van der Waals surface area contributed by atoms with E-state index in [1.807, 2.05) is 12.1 Å². The number of hydrogen-bond donors (Lipinski definition) is 1. The molecule has 25 heavy (non-hydrogen) atoms. The van der Waals surface area contributed by atoms with Crippen molar-refractivity contribution in [1.29, 1.82) is 0 Å². The van der Waals surface area contributed by atoms with Gasteiger partial charge < -0.3 is 10.1 Å². The molecule has 2 heterocycles. The number of nitrogens with one attached hydrogen (secondary N) is 1. The fourth-order valence-electron chi connectivity index (χ4n) is 3.13. The summed E-state index contributed by atoms with van der Waals surface area (Å²) in [6.07, 6.45) is 0.970. The third kappa shape index (κ3) is 4.69. The van der Waals surface area contributed by atoms with Gasteiger partial charge in [0.15, 0.2) is 0 Å². The van der Waals surface area contributed by atoms with Crippen molar-refractivity contribution in [3.8, 4) is 0 Å². The van der Waals surface area contributed by atoms with E-state index in [1.165, 1.54) is 21.6 Å². The van der Waals surface area contributed by atoms with Gasteiger partial charge in [0.05, 0.1) is 18.1 Å². The number of hydrogen-bond acceptors (Lipinski definition) is 4. The van der Waals surface area contributed by atoms with Crippen molar-refractivity contribution in [2.24, 2.45) is 0 Å². The molecule has 1 saturated heterocycles. The van der Waals surface area contributed by atoms with E-state index in [0.29, 0.717) is 6.54 Å². The van der Waals surface area contributed by atoms with Gasteiger partial charge in [0, 0.05) is 31.1 Å². The zero-order chi connectivity index (χ0) is 17.6. The summed E-state index contributed by atoms with van der Waals surface area (Å²) >= 11 is 1.58. The Morgan fingerprint density at radius 3 is 2.60 bits per heavy atom. The van der Waals surface area contributed by atoms with E-state index in [0.717, 1.165) is 44.1 Å². The van der Waals surface area contributed by atoms with Crippen LogP contribution in [0.2, 0.25) is 0 Å². The molecule has 4 nitrogen and oxygen atoms in total. The van der Waals surface area contributed by atoms with Gasteiger partial charge in [0.25, 0.3) is 5.91 Å². The molecule has 0 bridgehead atoms. The number of rotatable bonds is 6. The van der Waals surface area contributed by atoms with Gasteiger partial charge in [0.1, 0.15) is 0 Å². The summed E-state index contributed by atoms with van der Waals surface area (Å²) < 4.78 is 5.42. The molecule has 1 N–H and O–H groups in total. The zero-order valence-electron chi connectivity index (χ0n) is 15.0. The summed E-state index contributed by atoms with van der Waals surface area (Å²) in [6.45, 7) is 9.22. The number of carbonyl (C=O) groups is 1. The van der Waals surface area contributed by atoms with Crippen molar-refractivity contribution in [1.82, 2.24) is 10.2 Å². The van der Waals surface area contributed by atoms with Gasteiger partial charge in [-0.2, -0.15) is 0 Å². The molecule has 0 radical (unpaired) electrons. The van der Waals surface area contributed by atoms with Crippen LogP contribution in [-0.2, 0) is 24.2 Å². The zero-order valence-corrected chi connectivity index (χ0v) is 15.8. The highest BCUT2D eigenvalue weighted by Crippen LogP contribution is 2.22. The molecule has 134 valence electrons. The van der Waals surface area contributed by atoms with Crippen LogP contribution >= 0.6 is 11.3 Å². The predicted molar refractivity (Wildman–Crippen MR) is 102 cm³/mol. The first-order chi connectivity index (χ1) is 12.2. The van der Waals surface area contributed by atoms with Crippen molar-refractivity contribution in [2.75, 3.05) is 26.3 Å². The number of carbonyl (C=O) groups excluding carboxylic acids is 1. The van der Waals surface area contributed by atoms with Gasteiger partial charge in [-0.25, -0.2) is 0 Å². The van der Waals surface area contributed by atoms with E-state index < -0.39 is 0 Å². The molecule has 1 aromatic heterocycles. The first-order valence-corrected chi connectivity index (χ1v) is 9.73. The summed E-state index contributed by atoms with van der Waals surface area (Å²) in [7, 11) is 0. The lowest BCUT2D eigenvalue weighted by atomic mass is 10.1. The van der Waals surface area contributed by atoms with Crippen LogP contribution in [0.25, 0.3) is 0 Å². The van der Waals surface area contributed by atoms with Crippen molar-refractivity contribution >= 4 is 17.2 Å². The smallest absolute Gasteiger partial charge is 0.261 e. The maximum absolute atomic E-state index is 12.5. The van der Waals surface area contributed by atoms with Gasteiger partial charge in [0.2, 0.25) is 0 Å². The van der Waals surface area contributed by atoms with E-state index in [2.05, 4.69) is 42.3 Å². The lowest BCUT2D eigenvalue weighted by Crippen LogP contribution is -2.36. The fourth-order valence-corrected chi connectivity index (χ4v) is 4.16. The van der Waals surface area contributed by atoms with E-state index in [1.54, 1.807) is 11.3 Å². The molecule has 1 fully saturated rings. The number of thiophene rings is 1. The monoisotopic (exact) mass is 358 g/mol. The minimum absolute atomic E-state index is 0.0222. The Morgan fingerprint density at radius 2 is 1.92 bits per heavy atom. The molecule has 0 spiro atoms. The molecule has 1 aromatic carbocycles. The molecule has 2 aromatic rings. The van der Waals surface area contributed by atoms with Gasteiger partial charge >= 0.3 is 0 Å². The molecule has 1 aliphatic heterocycles. The highest BCUT2D eigenvalue weighted by molar-refractivity contribution is 7.14. The Balaban J connectivity index is 1.63. The number of ether oxygens (including phenoxy) is 1. The Kier molecular flexibility index (Phi) is 6.24. The van der Waals surface area contributed by atoms with E-state index in [4.69, 9.17) is 4.74 Å².